The van der Waals surface area contributed by atoms with Crippen LogP contribution in [0.25, 0.3) is 5.65 Å². The number of carbonyl (C=O) groups is 1. The van der Waals surface area contributed by atoms with Gasteiger partial charge in [-0.15, -0.1) is 0 Å². The van der Waals surface area contributed by atoms with E-state index in [1.807, 2.05) is 6.20 Å². The number of fused-ring (bicyclic) bond motifs is 2. The first-order chi connectivity index (χ1) is 10.5. The number of carbonyl (C=O) groups excluding carboxylic acids is 1. The van der Waals surface area contributed by atoms with Crippen molar-refractivity contribution in [1.82, 2.24) is 20.0 Å². The Bertz CT molecular complexity index is 738. The van der Waals surface area contributed by atoms with Gasteiger partial charge in [-0.25, -0.2) is 4.98 Å². The molecule has 22 heavy (non-hydrogen) atoms. The Morgan fingerprint density at radius 1 is 1.36 bits per heavy atom. The second kappa shape index (κ2) is 4.56. The number of hydrogen-bond donors (Lipinski definition) is 2. The summed E-state index contributed by atoms with van der Waals surface area (Å²) in [6, 6.07) is 4.15. The number of amides is 1. The van der Waals surface area contributed by atoms with Crippen LogP contribution in [0, 0.1) is 24.7 Å². The van der Waals surface area contributed by atoms with Crippen LogP contribution in [0.2, 0.25) is 0 Å². The molecule has 3 atom stereocenters. The van der Waals surface area contributed by atoms with Crippen molar-refractivity contribution in [2.24, 2.45) is 17.8 Å². The van der Waals surface area contributed by atoms with Crippen LogP contribution in [0.4, 0.5) is 0 Å². The number of pyridine rings is 1. The topological polar surface area (TPSA) is 58.4 Å². The summed E-state index contributed by atoms with van der Waals surface area (Å²) in [5, 5.41) is 6.58. The molecule has 0 spiro atoms. The van der Waals surface area contributed by atoms with Crippen LogP contribution < -0.4 is 10.6 Å². The molecule has 4 rings (SSSR count). The molecule has 2 aliphatic rings. The van der Waals surface area contributed by atoms with E-state index in [-0.39, 0.29) is 11.8 Å². The lowest BCUT2D eigenvalue weighted by molar-refractivity contribution is -0.124. The largest absolute Gasteiger partial charge is 0.345 e. The molecule has 116 valence electrons. The van der Waals surface area contributed by atoms with Crippen LogP contribution in [0.1, 0.15) is 25.1 Å². The van der Waals surface area contributed by atoms with Crippen molar-refractivity contribution in [3.05, 3.63) is 35.8 Å². The van der Waals surface area contributed by atoms with Gasteiger partial charge in [-0.1, -0.05) is 6.07 Å². The van der Waals surface area contributed by atoms with Crippen molar-refractivity contribution in [2.75, 3.05) is 13.1 Å². The van der Waals surface area contributed by atoms with Gasteiger partial charge < -0.3 is 15.0 Å². The number of imidazole rings is 1. The molecule has 3 heterocycles. The normalized spacial score (nSPS) is 27.0. The molecule has 2 aromatic heterocycles. The second-order valence-electron chi connectivity index (χ2n) is 7.15. The van der Waals surface area contributed by atoms with E-state index in [0.717, 1.165) is 30.0 Å². The monoisotopic (exact) mass is 298 g/mol. The molecule has 1 amide bonds. The number of piperidine rings is 1. The highest BCUT2D eigenvalue weighted by molar-refractivity contribution is 5.83. The first-order valence-electron chi connectivity index (χ1n) is 7.95. The fraction of sp³-hybridized carbons (Fsp3) is 0.529. The minimum atomic E-state index is -0.423. The first kappa shape index (κ1) is 13.8. The Labute approximate surface area is 130 Å². The molecule has 5 nitrogen and oxygen atoms in total. The van der Waals surface area contributed by atoms with Crippen LogP contribution in [0.3, 0.4) is 0 Å². The Balaban J connectivity index is 1.61. The van der Waals surface area contributed by atoms with Crippen LogP contribution in [0.15, 0.2) is 24.5 Å². The average Bonchev–Trinajstić information content (AvgIpc) is 2.85. The van der Waals surface area contributed by atoms with Gasteiger partial charge in [0.2, 0.25) is 5.91 Å². The van der Waals surface area contributed by atoms with Gasteiger partial charge in [-0.3, -0.25) is 4.79 Å². The van der Waals surface area contributed by atoms with Crippen molar-refractivity contribution in [3.63, 3.8) is 0 Å². The Morgan fingerprint density at radius 2 is 2.09 bits per heavy atom. The Morgan fingerprint density at radius 3 is 2.82 bits per heavy atom. The maximum atomic E-state index is 12.6. The van der Waals surface area contributed by atoms with Gasteiger partial charge in [-0.05, 0) is 57.3 Å². The predicted molar refractivity (Wildman–Crippen MR) is 84.4 cm³/mol. The third-order valence-electron chi connectivity index (χ3n) is 5.21. The highest BCUT2D eigenvalue weighted by atomic mass is 16.2. The van der Waals surface area contributed by atoms with E-state index in [0.29, 0.717) is 11.8 Å². The van der Waals surface area contributed by atoms with Gasteiger partial charge in [-0.2, -0.15) is 0 Å². The molecular weight excluding hydrogens is 276 g/mol. The van der Waals surface area contributed by atoms with E-state index >= 15 is 0 Å². The van der Waals surface area contributed by atoms with Gasteiger partial charge in [0.05, 0.1) is 5.54 Å². The number of aromatic nitrogens is 2. The second-order valence-corrected chi connectivity index (χ2v) is 7.15. The van der Waals surface area contributed by atoms with Crippen LogP contribution >= 0.6 is 0 Å². The SMILES string of the molecule is Cc1ccc(C(C)(C)NC(=O)C2[C@H]3CNC[C@@H]23)n2ccnc12. The van der Waals surface area contributed by atoms with Crippen LogP contribution in [-0.2, 0) is 10.3 Å². The van der Waals surface area contributed by atoms with E-state index in [9.17, 15) is 4.79 Å². The zero-order valence-corrected chi connectivity index (χ0v) is 13.3. The number of nitrogens with one attached hydrogen (secondary N) is 2. The molecule has 0 bridgehead atoms. The number of nitrogens with zero attached hydrogens (tertiary/aromatic N) is 2. The molecule has 0 aromatic carbocycles. The quantitative estimate of drug-likeness (QED) is 0.902. The molecular formula is C17H22N4O. The summed E-state index contributed by atoms with van der Waals surface area (Å²) in [7, 11) is 0. The summed E-state index contributed by atoms with van der Waals surface area (Å²) < 4.78 is 2.07. The van der Waals surface area contributed by atoms with Gasteiger partial charge in [0.15, 0.2) is 0 Å². The lowest BCUT2D eigenvalue weighted by atomic mass is 9.98. The van der Waals surface area contributed by atoms with Gasteiger partial charge in [0, 0.05) is 24.0 Å². The van der Waals surface area contributed by atoms with Crippen molar-refractivity contribution in [3.8, 4) is 0 Å². The maximum Gasteiger partial charge on any atom is 0.224 e. The summed E-state index contributed by atoms with van der Waals surface area (Å²) in [4.78, 5) is 17.0. The van der Waals surface area contributed by atoms with E-state index in [1.165, 1.54) is 0 Å². The first-order valence-corrected chi connectivity index (χ1v) is 7.95. The molecule has 1 aliphatic carbocycles. The van der Waals surface area contributed by atoms with E-state index in [4.69, 9.17) is 0 Å². The smallest absolute Gasteiger partial charge is 0.224 e. The molecule has 1 saturated carbocycles. The summed E-state index contributed by atoms with van der Waals surface area (Å²) in [6.45, 7) is 8.14. The van der Waals surface area contributed by atoms with Crippen LogP contribution in [-0.4, -0.2) is 28.4 Å². The Hall–Kier alpha value is -1.88. The Kier molecular flexibility index (Phi) is 2.85. The minimum Gasteiger partial charge on any atom is -0.345 e. The van der Waals surface area contributed by atoms with E-state index in [2.05, 4.69) is 52.9 Å². The molecule has 1 unspecified atom stereocenters. The summed E-state index contributed by atoms with van der Waals surface area (Å²) in [5.74, 6) is 1.48. The summed E-state index contributed by atoms with van der Waals surface area (Å²) in [5.41, 5.74) is 2.72. The van der Waals surface area contributed by atoms with E-state index in [1.54, 1.807) is 6.20 Å². The lowest BCUT2D eigenvalue weighted by Crippen LogP contribution is -2.44. The fourth-order valence-electron chi connectivity index (χ4n) is 3.92. The van der Waals surface area contributed by atoms with Gasteiger partial charge in [0.25, 0.3) is 0 Å². The van der Waals surface area contributed by atoms with Gasteiger partial charge in [0.1, 0.15) is 5.65 Å². The molecule has 2 N–H and O–H groups in total. The highest BCUT2D eigenvalue weighted by Gasteiger charge is 2.57. The third-order valence-corrected chi connectivity index (χ3v) is 5.21. The third kappa shape index (κ3) is 1.96. The molecule has 0 radical (unpaired) electrons. The molecule has 2 aromatic rings. The average molecular weight is 298 g/mol. The molecule has 5 heteroatoms. The molecule has 1 aliphatic heterocycles. The highest BCUT2D eigenvalue weighted by Crippen LogP contribution is 2.49. The maximum absolute atomic E-state index is 12.6. The van der Waals surface area contributed by atoms with Crippen LogP contribution in [0.5, 0.6) is 0 Å². The number of aryl methyl sites for hydroxylation is 1. The fourth-order valence-corrected chi connectivity index (χ4v) is 3.92. The van der Waals surface area contributed by atoms with Crippen molar-refractivity contribution in [2.45, 2.75) is 26.3 Å². The van der Waals surface area contributed by atoms with E-state index < -0.39 is 5.54 Å². The lowest BCUT2D eigenvalue weighted by Gasteiger charge is -2.28. The van der Waals surface area contributed by atoms with Crippen molar-refractivity contribution < 1.29 is 4.79 Å². The summed E-state index contributed by atoms with van der Waals surface area (Å²) in [6.07, 6.45) is 3.77. The van der Waals surface area contributed by atoms with Crippen molar-refractivity contribution in [1.29, 1.82) is 0 Å². The number of rotatable bonds is 3. The zero-order valence-electron chi connectivity index (χ0n) is 13.3. The summed E-state index contributed by atoms with van der Waals surface area (Å²) >= 11 is 0. The number of hydrogen-bond acceptors (Lipinski definition) is 3. The zero-order chi connectivity index (χ0) is 15.5. The van der Waals surface area contributed by atoms with Gasteiger partial charge >= 0.3 is 0 Å². The predicted octanol–water partition coefficient (Wildman–Crippen LogP) is 1.46. The van der Waals surface area contributed by atoms with Crippen molar-refractivity contribution >= 4 is 11.6 Å². The molecule has 2 fully saturated rings. The molecule has 1 saturated heterocycles. The standard InChI is InChI=1S/C17H22N4O/c1-10-4-5-13(21-7-6-19-15(10)21)17(2,3)20-16(22)14-11-8-18-9-12(11)14/h4-7,11-12,14,18H,8-9H2,1-3H3,(H,20,22)/t11-,12+,14?. The minimum absolute atomic E-state index is 0.190.